The lowest BCUT2D eigenvalue weighted by Gasteiger charge is -2.35. The zero-order valence-electron chi connectivity index (χ0n) is 28.7. The zero-order chi connectivity index (χ0) is 35.4. The summed E-state index contributed by atoms with van der Waals surface area (Å²) in [6, 6.07) is 22.7. The van der Waals surface area contributed by atoms with Gasteiger partial charge in [-0.15, -0.1) is 0 Å². The Hall–Kier alpha value is -4.58. The number of nitrogens with zero attached hydrogens (tertiary/aromatic N) is 4. The number of fused-ring (bicyclic) bond motifs is 2. The number of amides is 4. The van der Waals surface area contributed by atoms with Crippen molar-refractivity contribution in [3.05, 3.63) is 89.5 Å². The Morgan fingerprint density at radius 2 is 1.56 bits per heavy atom. The molecular formula is C39H44N4O7. The van der Waals surface area contributed by atoms with Gasteiger partial charge in [0.2, 0.25) is 17.7 Å². The third kappa shape index (κ3) is 5.76. The standard InChI is InChI=1S/C39H44N4O7/c1-25-36(38(2,3)49)32(22-35(47)40(19-20-44)23-26-7-5-4-6-8-26)50-39(25)30-21-29(42-18-16-34(42)46)13-14-31(30)43(37(39)48)24-27-9-11-28(12-10-27)41-17-15-33(41)45/h4-14,21,25,32,36,44,49H,15-20,22-24H2,1-3H3/t25-,32+,36-,39+/m1/s1. The van der Waals surface area contributed by atoms with Crippen LogP contribution in [-0.2, 0) is 42.6 Å². The van der Waals surface area contributed by atoms with E-state index in [4.69, 9.17) is 4.74 Å². The van der Waals surface area contributed by atoms with Gasteiger partial charge in [0.05, 0.1) is 37.0 Å². The summed E-state index contributed by atoms with van der Waals surface area (Å²) < 4.78 is 6.91. The van der Waals surface area contributed by atoms with Crippen LogP contribution in [0, 0.1) is 11.8 Å². The number of anilines is 3. The minimum Gasteiger partial charge on any atom is -0.395 e. The first-order valence-electron chi connectivity index (χ1n) is 17.4. The molecule has 4 aliphatic heterocycles. The molecule has 0 aliphatic carbocycles. The second kappa shape index (κ2) is 12.9. The maximum absolute atomic E-state index is 14.9. The van der Waals surface area contributed by atoms with Crippen LogP contribution in [-0.4, -0.2) is 76.7 Å². The first-order chi connectivity index (χ1) is 23.9. The van der Waals surface area contributed by atoms with Gasteiger partial charge < -0.3 is 34.5 Å². The van der Waals surface area contributed by atoms with E-state index in [0.29, 0.717) is 49.4 Å². The van der Waals surface area contributed by atoms with Gasteiger partial charge in [-0.2, -0.15) is 0 Å². The second-order valence-electron chi connectivity index (χ2n) is 14.4. The normalized spacial score (nSPS) is 24.5. The molecule has 0 unspecified atom stereocenters. The number of carbonyl (C=O) groups is 4. The van der Waals surface area contributed by atoms with Crippen LogP contribution in [0.2, 0.25) is 0 Å². The number of aliphatic hydroxyl groups is 2. The molecule has 4 aliphatic rings. The van der Waals surface area contributed by atoms with E-state index in [9.17, 15) is 29.4 Å². The van der Waals surface area contributed by atoms with Gasteiger partial charge in [0.15, 0.2) is 5.60 Å². The Morgan fingerprint density at radius 1 is 0.920 bits per heavy atom. The van der Waals surface area contributed by atoms with Gasteiger partial charge in [0, 0.05) is 67.8 Å². The molecule has 3 fully saturated rings. The molecule has 3 saturated heterocycles. The Balaban J connectivity index is 1.24. The third-order valence-electron chi connectivity index (χ3n) is 10.9. The number of ether oxygens (including phenoxy) is 1. The molecule has 0 saturated carbocycles. The number of aliphatic hydroxyl groups excluding tert-OH is 1. The van der Waals surface area contributed by atoms with Gasteiger partial charge in [-0.05, 0) is 55.3 Å². The molecule has 0 aromatic heterocycles. The van der Waals surface area contributed by atoms with Crippen LogP contribution < -0.4 is 14.7 Å². The fourth-order valence-electron chi connectivity index (χ4n) is 8.25. The van der Waals surface area contributed by atoms with Crippen molar-refractivity contribution in [1.82, 2.24) is 4.90 Å². The van der Waals surface area contributed by atoms with E-state index in [1.807, 2.05) is 79.7 Å². The van der Waals surface area contributed by atoms with E-state index < -0.39 is 29.1 Å². The molecule has 2 N–H and O–H groups in total. The lowest BCUT2D eigenvalue weighted by Crippen LogP contribution is -2.46. The van der Waals surface area contributed by atoms with Gasteiger partial charge in [-0.3, -0.25) is 19.2 Å². The molecule has 262 valence electrons. The van der Waals surface area contributed by atoms with Crippen molar-refractivity contribution in [3.63, 3.8) is 0 Å². The topological polar surface area (TPSA) is 131 Å². The molecule has 50 heavy (non-hydrogen) atoms. The Morgan fingerprint density at radius 3 is 2.14 bits per heavy atom. The van der Waals surface area contributed by atoms with E-state index >= 15 is 0 Å². The van der Waals surface area contributed by atoms with Gasteiger partial charge >= 0.3 is 0 Å². The SMILES string of the molecule is C[C@@H]1[C@@H](C(C)(C)O)[C@H](CC(=O)N(CCO)Cc2ccccc2)O[C@@]12C(=O)N(Cc1ccc(N3CCC3=O)cc1)c1ccc(N3CCC3=O)cc12. The van der Waals surface area contributed by atoms with Crippen LogP contribution in [0.25, 0.3) is 0 Å². The average molecular weight is 681 g/mol. The number of β-lactam (4-membered cyclic amide) rings is 2. The van der Waals surface area contributed by atoms with Crippen LogP contribution >= 0.6 is 0 Å². The van der Waals surface area contributed by atoms with E-state index in [2.05, 4.69) is 0 Å². The quantitative estimate of drug-likeness (QED) is 0.295. The van der Waals surface area contributed by atoms with E-state index in [1.54, 1.807) is 33.4 Å². The lowest BCUT2D eigenvalue weighted by molar-refractivity contribution is -0.150. The molecule has 0 radical (unpaired) electrons. The number of carbonyl (C=O) groups excluding carboxylic acids is 4. The summed E-state index contributed by atoms with van der Waals surface area (Å²) in [5.74, 6) is -1.63. The number of hydrogen-bond donors (Lipinski definition) is 2. The summed E-state index contributed by atoms with van der Waals surface area (Å²) in [7, 11) is 0. The van der Waals surface area contributed by atoms with Crippen molar-refractivity contribution in [2.24, 2.45) is 11.8 Å². The Kier molecular flexibility index (Phi) is 8.78. The molecule has 4 atom stereocenters. The van der Waals surface area contributed by atoms with Crippen LogP contribution in [0.15, 0.2) is 72.8 Å². The maximum atomic E-state index is 14.9. The summed E-state index contributed by atoms with van der Waals surface area (Å²) in [5, 5.41) is 21.4. The maximum Gasteiger partial charge on any atom is 0.264 e. The van der Waals surface area contributed by atoms with E-state index in [-0.39, 0.29) is 49.7 Å². The minimum absolute atomic E-state index is 0.00146. The van der Waals surface area contributed by atoms with Gasteiger partial charge in [0.1, 0.15) is 0 Å². The summed E-state index contributed by atoms with van der Waals surface area (Å²) in [4.78, 5) is 60.1. The van der Waals surface area contributed by atoms with Crippen molar-refractivity contribution in [1.29, 1.82) is 0 Å². The van der Waals surface area contributed by atoms with Crippen molar-refractivity contribution in [2.75, 3.05) is 40.9 Å². The van der Waals surface area contributed by atoms with Gasteiger partial charge in [-0.25, -0.2) is 0 Å². The molecule has 3 aromatic rings. The smallest absolute Gasteiger partial charge is 0.264 e. The van der Waals surface area contributed by atoms with E-state index in [0.717, 1.165) is 16.8 Å². The second-order valence-corrected chi connectivity index (χ2v) is 14.4. The molecule has 3 aromatic carbocycles. The van der Waals surface area contributed by atoms with Gasteiger partial charge in [-0.1, -0.05) is 49.4 Å². The predicted molar refractivity (Wildman–Crippen MR) is 187 cm³/mol. The fraction of sp³-hybridized carbons (Fsp3) is 0.436. The molecule has 7 rings (SSSR count). The van der Waals surface area contributed by atoms with Crippen LogP contribution in [0.4, 0.5) is 17.1 Å². The molecule has 4 heterocycles. The highest BCUT2D eigenvalue weighted by molar-refractivity contribution is 6.09. The highest BCUT2D eigenvalue weighted by Crippen LogP contribution is 2.58. The minimum atomic E-state index is -1.53. The fourth-order valence-corrected chi connectivity index (χ4v) is 8.25. The Bertz CT molecular complexity index is 1810. The van der Waals surface area contributed by atoms with Crippen LogP contribution in [0.1, 0.15) is 56.7 Å². The highest BCUT2D eigenvalue weighted by atomic mass is 16.5. The average Bonchev–Trinajstić information content (AvgIpc) is 3.50. The first-order valence-corrected chi connectivity index (χ1v) is 17.4. The lowest BCUT2D eigenvalue weighted by atomic mass is 9.70. The van der Waals surface area contributed by atoms with Crippen LogP contribution in [0.5, 0.6) is 0 Å². The zero-order valence-corrected chi connectivity index (χ0v) is 28.7. The third-order valence-corrected chi connectivity index (χ3v) is 10.9. The van der Waals surface area contributed by atoms with Crippen molar-refractivity contribution < 1.29 is 34.1 Å². The van der Waals surface area contributed by atoms with E-state index in [1.165, 1.54) is 0 Å². The highest BCUT2D eigenvalue weighted by Gasteiger charge is 2.66. The first kappa shape index (κ1) is 33.9. The molecule has 0 bridgehead atoms. The monoisotopic (exact) mass is 680 g/mol. The largest absolute Gasteiger partial charge is 0.395 e. The van der Waals surface area contributed by atoms with Crippen molar-refractivity contribution in [3.8, 4) is 0 Å². The number of benzene rings is 3. The molecular weight excluding hydrogens is 636 g/mol. The summed E-state index contributed by atoms with van der Waals surface area (Å²) in [6.07, 6.45) is 0.0692. The molecule has 11 nitrogen and oxygen atoms in total. The summed E-state index contributed by atoms with van der Waals surface area (Å²) >= 11 is 0. The molecule has 4 amide bonds. The molecule has 11 heteroatoms. The summed E-state index contributed by atoms with van der Waals surface area (Å²) in [6.45, 7) is 6.97. The number of rotatable bonds is 11. The molecule has 1 spiro atoms. The Labute approximate surface area is 292 Å². The van der Waals surface area contributed by atoms with Crippen molar-refractivity contribution in [2.45, 2.75) is 70.4 Å². The van der Waals surface area contributed by atoms with Crippen molar-refractivity contribution >= 4 is 40.7 Å². The predicted octanol–water partition coefficient (Wildman–Crippen LogP) is 3.74. The number of hydrogen-bond acceptors (Lipinski definition) is 7. The summed E-state index contributed by atoms with van der Waals surface area (Å²) in [5.41, 5.74) is 1.66. The van der Waals surface area contributed by atoms with Gasteiger partial charge in [0.25, 0.3) is 5.91 Å². The van der Waals surface area contributed by atoms with Crippen LogP contribution in [0.3, 0.4) is 0 Å².